The fourth-order valence-electron chi connectivity index (χ4n) is 1.64. The van der Waals surface area contributed by atoms with E-state index in [0.29, 0.717) is 0 Å². The smallest absolute Gasteiger partial charge is 0.0301 e. The topological polar surface area (TPSA) is 26.0 Å². The zero-order valence-corrected chi connectivity index (χ0v) is 8.99. The lowest BCUT2D eigenvalue weighted by Crippen LogP contribution is -2.04. The van der Waals surface area contributed by atoms with Crippen LogP contribution < -0.4 is 5.73 Å². The molecule has 0 saturated carbocycles. The van der Waals surface area contributed by atoms with Crippen molar-refractivity contribution in [2.75, 3.05) is 0 Å². The van der Waals surface area contributed by atoms with Crippen molar-refractivity contribution in [3.05, 3.63) is 33.8 Å². The van der Waals surface area contributed by atoms with E-state index in [1.54, 1.807) is 0 Å². The monoisotopic (exact) mass is 247 g/mol. The molecule has 1 nitrogen and oxygen atoms in total. The Bertz CT molecular complexity index is 288. The van der Waals surface area contributed by atoms with Gasteiger partial charge in [-0.3, -0.25) is 0 Å². The molecule has 66 valence electrons. The van der Waals surface area contributed by atoms with Gasteiger partial charge in [0.1, 0.15) is 0 Å². The van der Waals surface area contributed by atoms with E-state index in [9.17, 15) is 0 Å². The first-order valence-electron chi connectivity index (χ1n) is 3.82. The standard InChI is InChI=1S/C9H10BrN.ClH/c10-8-3-1-2-7-6(8)4-5-9(7)11;/h1-3,9H,4-5,11H2;1H. The van der Waals surface area contributed by atoms with Gasteiger partial charge >= 0.3 is 0 Å². The van der Waals surface area contributed by atoms with Gasteiger partial charge in [-0.1, -0.05) is 28.1 Å². The lowest BCUT2D eigenvalue weighted by molar-refractivity contribution is 0.713. The molecule has 0 bridgehead atoms. The third-order valence-corrected chi connectivity index (χ3v) is 3.00. The second-order valence-corrected chi connectivity index (χ2v) is 3.81. The highest BCUT2D eigenvalue weighted by molar-refractivity contribution is 9.10. The molecule has 0 aliphatic heterocycles. The Kier molecular flexibility index (Phi) is 3.16. The molecule has 2 N–H and O–H groups in total. The largest absolute Gasteiger partial charge is 0.324 e. The zero-order chi connectivity index (χ0) is 7.84. The minimum Gasteiger partial charge on any atom is -0.324 e. The Morgan fingerprint density at radius 2 is 2.17 bits per heavy atom. The molecule has 1 aromatic carbocycles. The number of fused-ring (bicyclic) bond motifs is 1. The molecule has 0 amide bonds. The van der Waals surface area contributed by atoms with Crippen molar-refractivity contribution >= 4 is 28.3 Å². The van der Waals surface area contributed by atoms with E-state index in [1.165, 1.54) is 15.6 Å². The molecule has 0 aromatic heterocycles. The molecule has 3 heteroatoms. The number of benzene rings is 1. The maximum atomic E-state index is 5.89. The maximum absolute atomic E-state index is 5.89. The summed E-state index contributed by atoms with van der Waals surface area (Å²) in [6.45, 7) is 0. The summed E-state index contributed by atoms with van der Waals surface area (Å²) in [5.41, 5.74) is 8.62. The van der Waals surface area contributed by atoms with Gasteiger partial charge in [-0.15, -0.1) is 12.4 Å². The molecule has 2 rings (SSSR count). The quantitative estimate of drug-likeness (QED) is 0.751. The SMILES string of the molecule is Cl.NC1CCc2c(Br)cccc21. The van der Waals surface area contributed by atoms with E-state index in [1.807, 2.05) is 6.07 Å². The first-order valence-corrected chi connectivity index (χ1v) is 4.61. The molecule has 1 aliphatic carbocycles. The van der Waals surface area contributed by atoms with Gasteiger partial charge < -0.3 is 5.73 Å². The molecule has 0 fully saturated rings. The van der Waals surface area contributed by atoms with Crippen LogP contribution in [0.25, 0.3) is 0 Å². The van der Waals surface area contributed by atoms with Crippen molar-refractivity contribution < 1.29 is 0 Å². The second-order valence-electron chi connectivity index (χ2n) is 2.95. The van der Waals surface area contributed by atoms with Crippen molar-refractivity contribution in [2.24, 2.45) is 5.73 Å². The molecule has 1 aromatic rings. The number of hydrogen-bond acceptors (Lipinski definition) is 1. The van der Waals surface area contributed by atoms with E-state index >= 15 is 0 Å². The number of halogens is 2. The summed E-state index contributed by atoms with van der Waals surface area (Å²) in [5, 5.41) is 0. The second kappa shape index (κ2) is 3.77. The molecule has 0 spiro atoms. The first kappa shape index (κ1) is 10.0. The Morgan fingerprint density at radius 1 is 1.42 bits per heavy atom. The highest BCUT2D eigenvalue weighted by atomic mass is 79.9. The molecule has 0 radical (unpaired) electrons. The van der Waals surface area contributed by atoms with Gasteiger partial charge in [0, 0.05) is 10.5 Å². The van der Waals surface area contributed by atoms with Crippen LogP contribution >= 0.6 is 28.3 Å². The van der Waals surface area contributed by atoms with E-state index in [2.05, 4.69) is 28.1 Å². The summed E-state index contributed by atoms with van der Waals surface area (Å²) >= 11 is 3.52. The van der Waals surface area contributed by atoms with Crippen molar-refractivity contribution in [3.8, 4) is 0 Å². The van der Waals surface area contributed by atoms with Crippen LogP contribution in [0.15, 0.2) is 22.7 Å². The van der Waals surface area contributed by atoms with Crippen molar-refractivity contribution in [3.63, 3.8) is 0 Å². The van der Waals surface area contributed by atoms with E-state index in [-0.39, 0.29) is 18.4 Å². The number of hydrogen-bond donors (Lipinski definition) is 1. The Hall–Kier alpha value is -0.0500. The summed E-state index contributed by atoms with van der Waals surface area (Å²) in [5.74, 6) is 0. The lowest BCUT2D eigenvalue weighted by Gasteiger charge is -2.04. The zero-order valence-electron chi connectivity index (χ0n) is 6.59. The fraction of sp³-hybridized carbons (Fsp3) is 0.333. The Labute approximate surface area is 86.9 Å². The van der Waals surface area contributed by atoms with Crippen LogP contribution in [0.3, 0.4) is 0 Å². The van der Waals surface area contributed by atoms with Crippen LogP contribution in [0.1, 0.15) is 23.6 Å². The molecule has 1 unspecified atom stereocenters. The predicted molar refractivity (Wildman–Crippen MR) is 56.6 cm³/mol. The Balaban J connectivity index is 0.000000720. The van der Waals surface area contributed by atoms with Crippen LogP contribution in [0, 0.1) is 0 Å². The lowest BCUT2D eigenvalue weighted by atomic mass is 10.1. The molecular formula is C9H11BrClN. The van der Waals surface area contributed by atoms with Crippen LogP contribution in [0.5, 0.6) is 0 Å². The van der Waals surface area contributed by atoms with Crippen LogP contribution in [0.2, 0.25) is 0 Å². The first-order chi connectivity index (χ1) is 5.29. The minimum atomic E-state index is 0. The van der Waals surface area contributed by atoms with Gasteiger partial charge in [-0.2, -0.15) is 0 Å². The average Bonchev–Trinajstić information content (AvgIpc) is 2.35. The maximum Gasteiger partial charge on any atom is 0.0301 e. The van der Waals surface area contributed by atoms with E-state index in [4.69, 9.17) is 5.73 Å². The summed E-state index contributed by atoms with van der Waals surface area (Å²) in [6, 6.07) is 6.52. The highest BCUT2D eigenvalue weighted by Crippen LogP contribution is 2.33. The van der Waals surface area contributed by atoms with Gasteiger partial charge in [0.15, 0.2) is 0 Å². The molecule has 1 aliphatic rings. The van der Waals surface area contributed by atoms with Crippen molar-refractivity contribution in [1.29, 1.82) is 0 Å². The van der Waals surface area contributed by atoms with Crippen LogP contribution in [-0.2, 0) is 6.42 Å². The predicted octanol–water partition coefficient (Wildman–Crippen LogP) is 2.82. The van der Waals surface area contributed by atoms with Gasteiger partial charge in [0.25, 0.3) is 0 Å². The summed E-state index contributed by atoms with van der Waals surface area (Å²) in [4.78, 5) is 0. The molecule has 1 atom stereocenters. The summed E-state index contributed by atoms with van der Waals surface area (Å²) in [6.07, 6.45) is 2.22. The van der Waals surface area contributed by atoms with Gasteiger partial charge in [-0.05, 0) is 30.0 Å². The molecule has 12 heavy (non-hydrogen) atoms. The third kappa shape index (κ3) is 1.51. The average molecular weight is 249 g/mol. The highest BCUT2D eigenvalue weighted by Gasteiger charge is 2.19. The normalized spacial score (nSPS) is 20.0. The minimum absolute atomic E-state index is 0. The summed E-state index contributed by atoms with van der Waals surface area (Å²) in [7, 11) is 0. The van der Waals surface area contributed by atoms with Gasteiger partial charge in [-0.25, -0.2) is 0 Å². The molecular weight excluding hydrogens is 237 g/mol. The van der Waals surface area contributed by atoms with E-state index < -0.39 is 0 Å². The van der Waals surface area contributed by atoms with Gasteiger partial charge in [0.05, 0.1) is 0 Å². The van der Waals surface area contributed by atoms with Crippen LogP contribution in [0.4, 0.5) is 0 Å². The van der Waals surface area contributed by atoms with Crippen molar-refractivity contribution in [2.45, 2.75) is 18.9 Å². The Morgan fingerprint density at radius 3 is 2.83 bits per heavy atom. The fourth-order valence-corrected chi connectivity index (χ4v) is 2.22. The van der Waals surface area contributed by atoms with E-state index in [0.717, 1.165) is 12.8 Å². The van der Waals surface area contributed by atoms with Gasteiger partial charge in [0.2, 0.25) is 0 Å². The number of nitrogens with two attached hydrogens (primary N) is 1. The molecule has 0 heterocycles. The molecule has 0 saturated heterocycles. The third-order valence-electron chi connectivity index (χ3n) is 2.26. The van der Waals surface area contributed by atoms with Crippen molar-refractivity contribution in [1.82, 2.24) is 0 Å². The number of rotatable bonds is 0. The summed E-state index contributed by atoms with van der Waals surface area (Å²) < 4.78 is 1.21. The van der Waals surface area contributed by atoms with Crippen LogP contribution in [-0.4, -0.2) is 0 Å².